The van der Waals surface area contributed by atoms with E-state index in [1.807, 2.05) is 0 Å². The third kappa shape index (κ3) is 2.37. The average molecular weight is 373 g/mol. The summed E-state index contributed by atoms with van der Waals surface area (Å²) in [6, 6.07) is 19.2. The second-order valence-corrected chi connectivity index (χ2v) is 6.25. The first-order valence-electron chi connectivity index (χ1n) is 8.53. The van der Waals surface area contributed by atoms with Crippen LogP contribution in [0.4, 0.5) is 10.2 Å². The smallest absolute Gasteiger partial charge is 0.267 e. The first-order chi connectivity index (χ1) is 13.6. The van der Waals surface area contributed by atoms with Crippen LogP contribution >= 0.6 is 0 Å². The number of nitrogens with zero attached hydrogens (tertiary/aromatic N) is 3. The predicted octanol–water partition coefficient (Wildman–Crippen LogP) is 3.82. The SMILES string of the molecule is O=C1c2ccccc2C(=O)N1c1nn(Oc2ccc(F)cc2)c2ccccc12. The number of rotatable bonds is 3. The summed E-state index contributed by atoms with van der Waals surface area (Å²) in [5.41, 5.74) is 1.24. The number of halogens is 1. The third-order valence-electron chi connectivity index (χ3n) is 4.55. The minimum absolute atomic E-state index is 0.184. The van der Waals surface area contributed by atoms with Gasteiger partial charge in [0, 0.05) is 5.39 Å². The van der Waals surface area contributed by atoms with Gasteiger partial charge in [-0.25, -0.2) is 9.29 Å². The summed E-state index contributed by atoms with van der Waals surface area (Å²) in [5.74, 6) is -0.701. The highest BCUT2D eigenvalue weighted by Gasteiger charge is 2.39. The van der Waals surface area contributed by atoms with Crippen molar-refractivity contribution in [2.24, 2.45) is 0 Å². The molecule has 5 rings (SSSR count). The molecule has 0 N–H and O–H groups in total. The van der Waals surface area contributed by atoms with Crippen LogP contribution in [0.5, 0.6) is 5.75 Å². The molecule has 3 aromatic carbocycles. The molecule has 0 radical (unpaired) electrons. The zero-order chi connectivity index (χ0) is 19.3. The number of carbonyl (C=O) groups is 2. The van der Waals surface area contributed by atoms with Crippen LogP contribution in [0.2, 0.25) is 0 Å². The summed E-state index contributed by atoms with van der Waals surface area (Å²) in [6.45, 7) is 0. The molecule has 0 saturated carbocycles. The van der Waals surface area contributed by atoms with Crippen molar-refractivity contribution in [1.82, 2.24) is 9.94 Å². The molecule has 2 amide bonds. The van der Waals surface area contributed by atoms with Gasteiger partial charge in [-0.1, -0.05) is 29.1 Å². The highest BCUT2D eigenvalue weighted by atomic mass is 19.1. The van der Waals surface area contributed by atoms with Gasteiger partial charge >= 0.3 is 0 Å². The number of fused-ring (bicyclic) bond motifs is 2. The van der Waals surface area contributed by atoms with Gasteiger partial charge in [0.2, 0.25) is 0 Å². The molecule has 1 aliphatic heterocycles. The molecule has 0 saturated heterocycles. The molecule has 1 aromatic heterocycles. The van der Waals surface area contributed by atoms with Gasteiger partial charge in [0.15, 0.2) is 11.6 Å². The Morgan fingerprint density at radius 2 is 1.39 bits per heavy atom. The average Bonchev–Trinajstić information content (AvgIpc) is 3.19. The van der Waals surface area contributed by atoms with Crippen LogP contribution in [0, 0.1) is 5.82 Å². The molecule has 0 bridgehead atoms. The molecule has 2 heterocycles. The Labute approximate surface area is 158 Å². The fourth-order valence-electron chi connectivity index (χ4n) is 3.23. The largest absolute Gasteiger partial charge is 0.357 e. The molecule has 136 valence electrons. The summed E-state index contributed by atoms with van der Waals surface area (Å²) in [6.07, 6.45) is 0. The van der Waals surface area contributed by atoms with Crippen molar-refractivity contribution in [3.63, 3.8) is 0 Å². The van der Waals surface area contributed by atoms with Crippen molar-refractivity contribution in [2.75, 3.05) is 4.90 Å². The summed E-state index contributed by atoms with van der Waals surface area (Å²) in [5, 5.41) is 4.94. The lowest BCUT2D eigenvalue weighted by Crippen LogP contribution is -2.30. The lowest BCUT2D eigenvalue weighted by Gasteiger charge is -2.10. The second kappa shape index (κ2) is 6.02. The van der Waals surface area contributed by atoms with E-state index in [1.54, 1.807) is 48.5 Å². The molecule has 28 heavy (non-hydrogen) atoms. The van der Waals surface area contributed by atoms with Gasteiger partial charge in [-0.05, 0) is 48.5 Å². The first kappa shape index (κ1) is 16.2. The molecule has 0 spiro atoms. The molecular formula is C21H12FN3O3. The fourth-order valence-corrected chi connectivity index (χ4v) is 3.23. The maximum Gasteiger partial charge on any atom is 0.267 e. The van der Waals surface area contributed by atoms with Crippen molar-refractivity contribution in [2.45, 2.75) is 0 Å². The summed E-state index contributed by atoms with van der Waals surface area (Å²) in [7, 11) is 0. The van der Waals surface area contributed by atoms with E-state index in [-0.39, 0.29) is 11.6 Å². The van der Waals surface area contributed by atoms with Crippen LogP contribution in [0.15, 0.2) is 72.8 Å². The minimum Gasteiger partial charge on any atom is -0.357 e. The Morgan fingerprint density at radius 3 is 2.07 bits per heavy atom. The van der Waals surface area contributed by atoms with Crippen molar-refractivity contribution in [3.05, 3.63) is 89.7 Å². The molecular weight excluding hydrogens is 361 g/mol. The van der Waals surface area contributed by atoms with Crippen LogP contribution in [0.25, 0.3) is 10.9 Å². The third-order valence-corrected chi connectivity index (χ3v) is 4.55. The van der Waals surface area contributed by atoms with Crippen LogP contribution in [-0.4, -0.2) is 21.8 Å². The predicted molar refractivity (Wildman–Crippen MR) is 99.7 cm³/mol. The van der Waals surface area contributed by atoms with E-state index in [0.29, 0.717) is 27.8 Å². The van der Waals surface area contributed by atoms with Crippen LogP contribution < -0.4 is 9.74 Å². The van der Waals surface area contributed by atoms with Crippen molar-refractivity contribution >= 4 is 28.5 Å². The van der Waals surface area contributed by atoms with Gasteiger partial charge in [-0.3, -0.25) is 9.59 Å². The lowest BCUT2D eigenvalue weighted by molar-refractivity contribution is 0.0924. The van der Waals surface area contributed by atoms with Crippen LogP contribution in [0.3, 0.4) is 0 Å². The van der Waals surface area contributed by atoms with E-state index in [4.69, 9.17) is 4.84 Å². The quantitative estimate of drug-likeness (QED) is 0.512. The van der Waals surface area contributed by atoms with E-state index in [2.05, 4.69) is 5.10 Å². The number of para-hydroxylation sites is 1. The lowest BCUT2D eigenvalue weighted by atomic mass is 10.1. The van der Waals surface area contributed by atoms with Gasteiger partial charge in [-0.2, -0.15) is 0 Å². The summed E-state index contributed by atoms with van der Waals surface area (Å²) >= 11 is 0. The van der Waals surface area contributed by atoms with Gasteiger partial charge in [0.1, 0.15) is 11.3 Å². The highest BCUT2D eigenvalue weighted by Crippen LogP contribution is 2.33. The molecule has 0 fully saturated rings. The number of hydrogen-bond acceptors (Lipinski definition) is 4. The highest BCUT2D eigenvalue weighted by molar-refractivity contribution is 6.35. The Bertz CT molecular complexity index is 1210. The Hall–Kier alpha value is -4.00. The van der Waals surface area contributed by atoms with Gasteiger partial charge in [-0.15, -0.1) is 5.10 Å². The minimum atomic E-state index is -0.433. The molecule has 7 heteroatoms. The van der Waals surface area contributed by atoms with Crippen LogP contribution in [-0.2, 0) is 0 Å². The van der Waals surface area contributed by atoms with E-state index in [1.165, 1.54) is 29.1 Å². The van der Waals surface area contributed by atoms with E-state index in [0.717, 1.165) is 4.90 Å². The van der Waals surface area contributed by atoms with Gasteiger partial charge < -0.3 is 4.84 Å². The zero-order valence-electron chi connectivity index (χ0n) is 14.4. The molecule has 6 nitrogen and oxygen atoms in total. The van der Waals surface area contributed by atoms with Crippen molar-refractivity contribution in [1.29, 1.82) is 0 Å². The monoisotopic (exact) mass is 373 g/mol. The summed E-state index contributed by atoms with van der Waals surface area (Å²) in [4.78, 5) is 33.7. The van der Waals surface area contributed by atoms with E-state index < -0.39 is 11.8 Å². The first-order valence-corrected chi connectivity index (χ1v) is 8.53. The number of aromatic nitrogens is 2. The maximum atomic E-state index is 13.1. The van der Waals surface area contributed by atoms with E-state index >= 15 is 0 Å². The van der Waals surface area contributed by atoms with Crippen molar-refractivity contribution < 1.29 is 18.8 Å². The topological polar surface area (TPSA) is 64.4 Å². The van der Waals surface area contributed by atoms with E-state index in [9.17, 15) is 14.0 Å². The molecule has 4 aromatic rings. The van der Waals surface area contributed by atoms with Crippen molar-refractivity contribution in [3.8, 4) is 5.75 Å². The number of hydrogen-bond donors (Lipinski definition) is 0. The molecule has 1 aliphatic rings. The second-order valence-electron chi connectivity index (χ2n) is 6.25. The fraction of sp³-hybridized carbons (Fsp3) is 0. The Kier molecular flexibility index (Phi) is 3.48. The number of amides is 2. The number of imide groups is 1. The number of benzene rings is 3. The number of carbonyl (C=O) groups excluding carboxylic acids is 2. The maximum absolute atomic E-state index is 13.1. The molecule has 0 unspecified atom stereocenters. The van der Waals surface area contributed by atoms with Gasteiger partial charge in [0.25, 0.3) is 11.8 Å². The normalized spacial score (nSPS) is 13.2. The van der Waals surface area contributed by atoms with Crippen LogP contribution in [0.1, 0.15) is 20.7 Å². The molecule has 0 aliphatic carbocycles. The zero-order valence-corrected chi connectivity index (χ0v) is 14.4. The van der Waals surface area contributed by atoms with Gasteiger partial charge in [0.05, 0.1) is 11.1 Å². The Morgan fingerprint density at radius 1 is 0.786 bits per heavy atom. The molecule has 0 atom stereocenters. The Balaban J connectivity index is 1.62. The standard InChI is InChI=1S/C21H12FN3O3/c22-13-9-11-14(12-10-13)28-25-18-8-4-3-7-17(18)19(23-25)24-20(26)15-5-1-2-6-16(15)21(24)27/h1-12H. The summed E-state index contributed by atoms with van der Waals surface area (Å²) < 4.78 is 13.1. The number of anilines is 1.